The molecule has 1 aliphatic rings. The Balaban J connectivity index is 2.02. The summed E-state index contributed by atoms with van der Waals surface area (Å²) in [7, 11) is 3.28. The normalized spacial score (nSPS) is 15.8. The van der Waals surface area contributed by atoms with Gasteiger partial charge in [0.25, 0.3) is 0 Å². The summed E-state index contributed by atoms with van der Waals surface area (Å²) in [6.07, 6.45) is 2.46. The van der Waals surface area contributed by atoms with Crippen LogP contribution in [0.15, 0.2) is 18.2 Å². The first-order valence-corrected chi connectivity index (χ1v) is 7.94. The van der Waals surface area contributed by atoms with Gasteiger partial charge in [-0.15, -0.1) is 11.3 Å². The second-order valence-electron chi connectivity index (χ2n) is 5.40. The van der Waals surface area contributed by atoms with Gasteiger partial charge in [0.1, 0.15) is 5.01 Å². The van der Waals surface area contributed by atoms with Crippen molar-refractivity contribution < 1.29 is 9.47 Å². The van der Waals surface area contributed by atoms with Crippen molar-refractivity contribution in [1.82, 2.24) is 4.98 Å². The Hall–Kier alpha value is -1.59. The van der Waals surface area contributed by atoms with E-state index in [0.29, 0.717) is 5.92 Å². The van der Waals surface area contributed by atoms with Crippen molar-refractivity contribution in [1.29, 1.82) is 0 Å². The molecule has 0 amide bonds. The average molecular weight is 304 g/mol. The lowest BCUT2D eigenvalue weighted by Gasteiger charge is -2.08. The third kappa shape index (κ3) is 2.76. The highest BCUT2D eigenvalue weighted by Crippen LogP contribution is 2.46. The average Bonchev–Trinajstić information content (AvgIpc) is 3.24. The van der Waals surface area contributed by atoms with Gasteiger partial charge in [-0.25, -0.2) is 4.98 Å². The molecular formula is C16H20N2O2S. The van der Waals surface area contributed by atoms with Crippen LogP contribution < -0.4 is 15.2 Å². The van der Waals surface area contributed by atoms with Gasteiger partial charge in [-0.05, 0) is 38.0 Å². The van der Waals surface area contributed by atoms with E-state index in [1.807, 2.05) is 25.1 Å². The van der Waals surface area contributed by atoms with Crippen LogP contribution in [-0.2, 0) is 0 Å². The van der Waals surface area contributed by atoms with Gasteiger partial charge >= 0.3 is 0 Å². The molecule has 1 fully saturated rings. The van der Waals surface area contributed by atoms with Crippen molar-refractivity contribution in [3.8, 4) is 22.1 Å². The van der Waals surface area contributed by atoms with Gasteiger partial charge in [0, 0.05) is 22.4 Å². The van der Waals surface area contributed by atoms with Crippen LogP contribution in [0, 0.1) is 0 Å². The number of nitrogens with two attached hydrogens (primary N) is 1. The fourth-order valence-corrected chi connectivity index (χ4v) is 3.51. The van der Waals surface area contributed by atoms with E-state index in [4.69, 9.17) is 20.2 Å². The van der Waals surface area contributed by atoms with Gasteiger partial charge in [0.15, 0.2) is 11.5 Å². The van der Waals surface area contributed by atoms with Crippen molar-refractivity contribution >= 4 is 11.3 Å². The van der Waals surface area contributed by atoms with E-state index >= 15 is 0 Å². The maximum absolute atomic E-state index is 6.10. The fourth-order valence-electron chi connectivity index (χ4n) is 2.41. The summed E-state index contributed by atoms with van der Waals surface area (Å²) in [6, 6.07) is 5.94. The van der Waals surface area contributed by atoms with Crippen LogP contribution in [-0.4, -0.2) is 19.2 Å². The molecule has 1 heterocycles. The van der Waals surface area contributed by atoms with E-state index in [2.05, 4.69) is 0 Å². The second kappa shape index (κ2) is 5.66. The first-order valence-electron chi connectivity index (χ1n) is 7.12. The van der Waals surface area contributed by atoms with Crippen molar-refractivity contribution in [3.05, 3.63) is 28.8 Å². The zero-order chi connectivity index (χ0) is 15.0. The lowest BCUT2D eigenvalue weighted by molar-refractivity contribution is 0.355. The maximum Gasteiger partial charge on any atom is 0.161 e. The standard InChI is InChI=1S/C16H20N2O2S/c1-9(17)15-14(10-4-5-10)18-16(21-15)11-6-7-12(19-2)13(8-11)20-3/h6-10H,4-5,17H2,1-3H3. The number of hydrogen-bond donors (Lipinski definition) is 1. The zero-order valence-electron chi connectivity index (χ0n) is 12.6. The summed E-state index contributed by atoms with van der Waals surface area (Å²) in [5, 5.41) is 1.00. The molecule has 112 valence electrons. The first-order chi connectivity index (χ1) is 10.1. The Morgan fingerprint density at radius 2 is 1.95 bits per heavy atom. The summed E-state index contributed by atoms with van der Waals surface area (Å²) in [4.78, 5) is 6.05. The van der Waals surface area contributed by atoms with Gasteiger partial charge < -0.3 is 15.2 Å². The molecule has 1 unspecified atom stereocenters. The number of rotatable bonds is 5. The minimum absolute atomic E-state index is 0.0343. The monoisotopic (exact) mass is 304 g/mol. The summed E-state index contributed by atoms with van der Waals surface area (Å²) in [6.45, 7) is 2.03. The van der Waals surface area contributed by atoms with Crippen LogP contribution in [0.4, 0.5) is 0 Å². The fraction of sp³-hybridized carbons (Fsp3) is 0.438. The molecule has 2 aromatic rings. The molecule has 1 atom stereocenters. The summed E-state index contributed by atoms with van der Waals surface area (Å²) < 4.78 is 10.7. The van der Waals surface area contributed by atoms with Crippen LogP contribution in [0.25, 0.3) is 10.6 Å². The SMILES string of the molecule is COc1ccc(-c2nc(C3CC3)c(C(C)N)s2)cc1OC. The number of hydrogen-bond acceptors (Lipinski definition) is 5. The van der Waals surface area contributed by atoms with Gasteiger partial charge in [0.05, 0.1) is 19.9 Å². The lowest BCUT2D eigenvalue weighted by atomic mass is 10.2. The van der Waals surface area contributed by atoms with Crippen molar-refractivity contribution in [2.75, 3.05) is 14.2 Å². The van der Waals surface area contributed by atoms with Crippen LogP contribution in [0.1, 0.15) is 42.3 Å². The van der Waals surface area contributed by atoms with E-state index in [9.17, 15) is 0 Å². The first kappa shape index (κ1) is 14.4. The Morgan fingerprint density at radius 1 is 1.24 bits per heavy atom. The molecule has 0 spiro atoms. The van der Waals surface area contributed by atoms with Crippen LogP contribution in [0.3, 0.4) is 0 Å². The van der Waals surface area contributed by atoms with Crippen molar-refractivity contribution in [3.63, 3.8) is 0 Å². The highest BCUT2D eigenvalue weighted by atomic mass is 32.1. The number of thiazole rings is 1. The number of aromatic nitrogens is 1. The largest absolute Gasteiger partial charge is 0.493 e. The predicted molar refractivity (Wildman–Crippen MR) is 85.2 cm³/mol. The molecule has 21 heavy (non-hydrogen) atoms. The highest BCUT2D eigenvalue weighted by molar-refractivity contribution is 7.15. The minimum atomic E-state index is 0.0343. The number of benzene rings is 1. The zero-order valence-corrected chi connectivity index (χ0v) is 13.4. The third-order valence-electron chi connectivity index (χ3n) is 3.69. The van der Waals surface area contributed by atoms with Gasteiger partial charge in [-0.3, -0.25) is 0 Å². The molecule has 4 nitrogen and oxygen atoms in total. The van der Waals surface area contributed by atoms with Gasteiger partial charge in [-0.1, -0.05) is 0 Å². The van der Waals surface area contributed by atoms with E-state index in [1.54, 1.807) is 25.6 Å². The van der Waals surface area contributed by atoms with Gasteiger partial charge in [-0.2, -0.15) is 0 Å². The number of ether oxygens (including phenoxy) is 2. The van der Waals surface area contributed by atoms with E-state index in [1.165, 1.54) is 23.4 Å². The van der Waals surface area contributed by atoms with Crippen LogP contribution in [0.2, 0.25) is 0 Å². The molecule has 1 aromatic heterocycles. The second-order valence-corrected chi connectivity index (χ2v) is 6.43. The lowest BCUT2D eigenvalue weighted by Crippen LogP contribution is -2.05. The van der Waals surface area contributed by atoms with E-state index < -0.39 is 0 Å². The van der Waals surface area contributed by atoms with Crippen molar-refractivity contribution in [2.24, 2.45) is 5.73 Å². The number of nitrogens with zero attached hydrogens (tertiary/aromatic N) is 1. The third-order valence-corrected chi connectivity index (χ3v) is 5.01. The van der Waals surface area contributed by atoms with Crippen molar-refractivity contribution in [2.45, 2.75) is 31.7 Å². The minimum Gasteiger partial charge on any atom is -0.493 e. The topological polar surface area (TPSA) is 57.4 Å². The Kier molecular flexibility index (Phi) is 3.87. The maximum atomic E-state index is 6.10. The molecule has 0 bridgehead atoms. The Morgan fingerprint density at radius 3 is 2.52 bits per heavy atom. The quantitative estimate of drug-likeness (QED) is 0.914. The molecule has 0 radical (unpaired) electrons. The van der Waals surface area contributed by atoms with Crippen LogP contribution in [0.5, 0.6) is 11.5 Å². The molecule has 1 aromatic carbocycles. The molecule has 0 aliphatic heterocycles. The molecular weight excluding hydrogens is 284 g/mol. The summed E-state index contributed by atoms with van der Waals surface area (Å²) in [5.41, 5.74) is 8.34. The summed E-state index contributed by atoms with van der Waals surface area (Å²) in [5.74, 6) is 2.06. The van der Waals surface area contributed by atoms with E-state index in [0.717, 1.165) is 22.1 Å². The number of methoxy groups -OCH3 is 2. The molecule has 1 aliphatic carbocycles. The molecule has 3 rings (SSSR count). The predicted octanol–water partition coefficient (Wildman–Crippen LogP) is 3.72. The Labute approximate surface area is 128 Å². The molecule has 1 saturated carbocycles. The van der Waals surface area contributed by atoms with Crippen LogP contribution >= 0.6 is 11.3 Å². The smallest absolute Gasteiger partial charge is 0.161 e. The Bertz CT molecular complexity index is 628. The van der Waals surface area contributed by atoms with E-state index in [-0.39, 0.29) is 6.04 Å². The summed E-state index contributed by atoms with van der Waals surface area (Å²) >= 11 is 1.69. The highest BCUT2D eigenvalue weighted by Gasteiger charge is 2.30. The molecule has 0 saturated heterocycles. The van der Waals surface area contributed by atoms with Gasteiger partial charge in [0.2, 0.25) is 0 Å². The molecule has 2 N–H and O–H groups in total. The molecule has 5 heteroatoms.